The van der Waals surface area contributed by atoms with Crippen LogP contribution < -0.4 is 21.1 Å². The quantitative estimate of drug-likeness (QED) is 0.349. The van der Waals surface area contributed by atoms with E-state index in [1.165, 1.54) is 16.7 Å². The molecule has 0 aromatic heterocycles. The Balaban J connectivity index is 1.79. The minimum Gasteiger partial charge on any atom is -0.483 e. The summed E-state index contributed by atoms with van der Waals surface area (Å²) in [5.41, 5.74) is 7.54. The minimum absolute atomic E-state index is 0.208. The van der Waals surface area contributed by atoms with Crippen LogP contribution in [0.2, 0.25) is 0 Å². The first-order chi connectivity index (χ1) is 18.2. The predicted octanol–water partition coefficient (Wildman–Crippen LogP) is 2.64. The Kier molecular flexibility index (Phi) is 9.55. The number of hydrogen-bond acceptors (Lipinski definition) is 7. The van der Waals surface area contributed by atoms with Crippen LogP contribution in [-0.2, 0) is 20.8 Å². The highest BCUT2D eigenvalue weighted by Crippen LogP contribution is 2.40. The largest absolute Gasteiger partial charge is 0.483 e. The number of rotatable bonds is 9. The van der Waals surface area contributed by atoms with Gasteiger partial charge in [-0.15, -0.1) is 11.8 Å². The maximum atomic E-state index is 13.7. The number of aliphatic hydroxyl groups excluding tert-OH is 1. The van der Waals surface area contributed by atoms with E-state index in [0.717, 1.165) is 11.1 Å². The van der Waals surface area contributed by atoms with Crippen molar-refractivity contribution in [2.24, 2.45) is 0 Å². The van der Waals surface area contributed by atoms with Crippen LogP contribution in [0, 0.1) is 6.92 Å². The maximum absolute atomic E-state index is 13.7. The molecule has 0 spiro atoms. The van der Waals surface area contributed by atoms with Crippen molar-refractivity contribution < 1.29 is 24.2 Å². The number of anilines is 1. The first kappa shape index (κ1) is 30.3. The Morgan fingerprint density at radius 1 is 1.15 bits per heavy atom. The summed E-state index contributed by atoms with van der Waals surface area (Å²) in [5, 5.41) is 17.0. The number of hydrogen-bond donors (Lipinski definition) is 4. The molecule has 1 aliphatic rings. The normalized spacial score (nSPS) is 18.2. The van der Waals surface area contributed by atoms with E-state index in [1.54, 1.807) is 25.1 Å². The van der Waals surface area contributed by atoms with Crippen LogP contribution >= 0.6 is 11.8 Å². The number of nitrogens with one attached hydrogen (secondary N) is 2. The number of nitrogens with zero attached hydrogens (tertiary/aromatic N) is 1. The molecule has 2 aromatic rings. The molecule has 1 aliphatic heterocycles. The van der Waals surface area contributed by atoms with E-state index in [9.17, 15) is 19.5 Å². The first-order valence-corrected chi connectivity index (χ1v) is 13.9. The molecule has 3 atom stereocenters. The highest BCUT2D eigenvalue weighted by atomic mass is 32.2. The summed E-state index contributed by atoms with van der Waals surface area (Å²) >= 11 is 1.47. The SMILES string of the molecule is Cc1c(N)cccc1OCC(=O)N[C@@H](Cc1ccccc1)[C@H](O)C(=O)N1CSC(C)(C)[C@H]1C(=O)NC(C)(C)C. The highest BCUT2D eigenvalue weighted by molar-refractivity contribution is 8.00. The highest BCUT2D eigenvalue weighted by Gasteiger charge is 2.50. The molecule has 0 radical (unpaired) electrons. The van der Waals surface area contributed by atoms with Crippen molar-refractivity contribution in [1.82, 2.24) is 15.5 Å². The zero-order chi connectivity index (χ0) is 29.0. The van der Waals surface area contributed by atoms with E-state index in [-0.39, 0.29) is 24.8 Å². The lowest BCUT2D eigenvalue weighted by Gasteiger charge is -2.35. The molecule has 3 rings (SSSR count). The van der Waals surface area contributed by atoms with Crippen molar-refractivity contribution >= 4 is 35.2 Å². The first-order valence-electron chi connectivity index (χ1n) is 13.0. The molecule has 1 saturated heterocycles. The van der Waals surface area contributed by atoms with Crippen LogP contribution in [0.1, 0.15) is 45.7 Å². The van der Waals surface area contributed by atoms with Crippen LogP contribution in [0.5, 0.6) is 5.75 Å². The average molecular weight is 557 g/mol. The lowest BCUT2D eigenvalue weighted by atomic mass is 9.96. The summed E-state index contributed by atoms with van der Waals surface area (Å²) < 4.78 is 5.10. The fraction of sp³-hybridized carbons (Fsp3) is 0.483. The van der Waals surface area contributed by atoms with E-state index >= 15 is 0 Å². The average Bonchev–Trinajstić information content (AvgIpc) is 3.18. The van der Waals surface area contributed by atoms with E-state index in [2.05, 4.69) is 10.6 Å². The van der Waals surface area contributed by atoms with Crippen molar-refractivity contribution in [2.75, 3.05) is 18.2 Å². The number of aliphatic hydroxyl groups is 1. The summed E-state index contributed by atoms with van der Waals surface area (Å²) in [7, 11) is 0. The van der Waals surface area contributed by atoms with Gasteiger partial charge < -0.3 is 31.1 Å². The van der Waals surface area contributed by atoms with Crippen molar-refractivity contribution in [3.63, 3.8) is 0 Å². The van der Waals surface area contributed by atoms with Gasteiger partial charge in [-0.2, -0.15) is 0 Å². The number of amides is 3. The summed E-state index contributed by atoms with van der Waals surface area (Å²) in [6.45, 7) is 10.9. The number of ether oxygens (including phenoxy) is 1. The Labute approximate surface area is 234 Å². The van der Waals surface area contributed by atoms with Crippen LogP contribution in [0.3, 0.4) is 0 Å². The molecule has 1 fully saturated rings. The molecule has 39 heavy (non-hydrogen) atoms. The molecule has 9 nitrogen and oxygen atoms in total. The number of thioether (sulfide) groups is 1. The van der Waals surface area contributed by atoms with Gasteiger partial charge in [-0.1, -0.05) is 36.4 Å². The third-order valence-electron chi connectivity index (χ3n) is 6.54. The second-order valence-corrected chi connectivity index (χ2v) is 13.0. The van der Waals surface area contributed by atoms with Gasteiger partial charge in [0.1, 0.15) is 11.8 Å². The van der Waals surface area contributed by atoms with Gasteiger partial charge in [-0.05, 0) is 65.7 Å². The summed E-state index contributed by atoms with van der Waals surface area (Å²) in [6, 6.07) is 12.7. The number of benzene rings is 2. The fourth-order valence-corrected chi connectivity index (χ4v) is 5.62. The van der Waals surface area contributed by atoms with Gasteiger partial charge in [-0.3, -0.25) is 14.4 Å². The van der Waals surface area contributed by atoms with E-state index in [1.807, 2.05) is 65.0 Å². The number of nitrogen functional groups attached to an aromatic ring is 1. The molecule has 212 valence electrons. The number of carbonyl (C=O) groups is 3. The maximum Gasteiger partial charge on any atom is 0.258 e. The molecule has 2 aromatic carbocycles. The Morgan fingerprint density at radius 3 is 2.46 bits per heavy atom. The molecule has 0 saturated carbocycles. The van der Waals surface area contributed by atoms with Crippen LogP contribution in [0.25, 0.3) is 0 Å². The van der Waals surface area contributed by atoms with Crippen LogP contribution in [0.15, 0.2) is 48.5 Å². The van der Waals surface area contributed by atoms with Gasteiger partial charge in [0.25, 0.3) is 11.8 Å². The van der Waals surface area contributed by atoms with Crippen LogP contribution in [0.4, 0.5) is 5.69 Å². The molecule has 3 amide bonds. The van der Waals surface area contributed by atoms with Gasteiger partial charge in [-0.25, -0.2) is 0 Å². The summed E-state index contributed by atoms with van der Waals surface area (Å²) in [5.74, 6) is -0.675. The summed E-state index contributed by atoms with van der Waals surface area (Å²) in [6.07, 6.45) is -1.37. The van der Waals surface area contributed by atoms with Gasteiger partial charge in [0.15, 0.2) is 12.7 Å². The third kappa shape index (κ3) is 7.89. The summed E-state index contributed by atoms with van der Waals surface area (Å²) in [4.78, 5) is 41.2. The van der Waals surface area contributed by atoms with E-state index < -0.39 is 40.3 Å². The monoisotopic (exact) mass is 556 g/mol. The zero-order valence-electron chi connectivity index (χ0n) is 23.5. The molecule has 10 heteroatoms. The van der Waals surface area contributed by atoms with Gasteiger partial charge in [0, 0.05) is 21.5 Å². The Hall–Kier alpha value is -3.24. The molecule has 0 unspecified atom stereocenters. The molecular formula is C29H40N4O5S. The second-order valence-electron chi connectivity index (χ2n) is 11.4. The Morgan fingerprint density at radius 2 is 1.82 bits per heavy atom. The third-order valence-corrected chi connectivity index (χ3v) is 7.91. The second kappa shape index (κ2) is 12.3. The molecular weight excluding hydrogens is 516 g/mol. The van der Waals surface area contributed by atoms with Crippen molar-refractivity contribution in [3.05, 3.63) is 59.7 Å². The topological polar surface area (TPSA) is 134 Å². The van der Waals surface area contributed by atoms with Crippen molar-refractivity contribution in [2.45, 2.75) is 76.4 Å². The van der Waals surface area contributed by atoms with E-state index in [4.69, 9.17) is 10.5 Å². The Bertz CT molecular complexity index is 1180. The van der Waals surface area contributed by atoms with Crippen molar-refractivity contribution in [3.8, 4) is 5.75 Å². The van der Waals surface area contributed by atoms with Gasteiger partial charge >= 0.3 is 0 Å². The lowest BCUT2D eigenvalue weighted by Crippen LogP contribution is -2.60. The number of nitrogens with two attached hydrogens (primary N) is 1. The standard InChI is InChI=1S/C29H40N4O5S/c1-18-20(30)13-10-14-22(18)38-16-23(34)31-21(15-19-11-8-7-9-12-19)24(35)27(37)33-17-39-29(5,6)25(33)26(36)32-28(2,3)4/h7-14,21,24-25,35H,15-17,30H2,1-6H3,(H,31,34)(H,32,36)/t21-,24-,25+/m0/s1. The molecule has 0 bridgehead atoms. The molecule has 1 heterocycles. The fourth-order valence-electron chi connectivity index (χ4n) is 4.48. The minimum atomic E-state index is -1.58. The zero-order valence-corrected chi connectivity index (χ0v) is 24.3. The molecule has 0 aliphatic carbocycles. The number of carbonyl (C=O) groups excluding carboxylic acids is 3. The predicted molar refractivity (Wildman–Crippen MR) is 154 cm³/mol. The van der Waals surface area contributed by atoms with Crippen molar-refractivity contribution in [1.29, 1.82) is 0 Å². The van der Waals surface area contributed by atoms with Crippen LogP contribution in [-0.4, -0.2) is 68.7 Å². The van der Waals surface area contributed by atoms with E-state index in [0.29, 0.717) is 11.4 Å². The van der Waals surface area contributed by atoms with Gasteiger partial charge in [0.05, 0.1) is 11.9 Å². The van der Waals surface area contributed by atoms with Gasteiger partial charge in [0.2, 0.25) is 5.91 Å². The molecule has 5 N–H and O–H groups in total. The lowest BCUT2D eigenvalue weighted by molar-refractivity contribution is -0.148. The smallest absolute Gasteiger partial charge is 0.258 e.